The highest BCUT2D eigenvalue weighted by Crippen LogP contribution is 2.33. The summed E-state index contributed by atoms with van der Waals surface area (Å²) in [6, 6.07) is -0.298. The zero-order chi connectivity index (χ0) is 14.3. The van der Waals surface area contributed by atoms with Gasteiger partial charge in [0.2, 0.25) is 0 Å². The first-order valence-corrected chi connectivity index (χ1v) is 7.33. The Hall–Kier alpha value is -1.26. The molecule has 0 spiro atoms. The molecule has 0 aromatic rings. The number of hydrogen-bond donors (Lipinski definition) is 3. The number of carbonyl (C=O) groups is 2. The van der Waals surface area contributed by atoms with E-state index in [0.717, 1.165) is 25.2 Å². The van der Waals surface area contributed by atoms with Crippen LogP contribution in [0.2, 0.25) is 0 Å². The highest BCUT2D eigenvalue weighted by molar-refractivity contribution is 5.76. The average molecular weight is 270 g/mol. The summed E-state index contributed by atoms with van der Waals surface area (Å²) >= 11 is 0. The van der Waals surface area contributed by atoms with Gasteiger partial charge in [-0.2, -0.15) is 0 Å². The Morgan fingerprint density at radius 2 is 1.84 bits per heavy atom. The van der Waals surface area contributed by atoms with E-state index < -0.39 is 5.97 Å². The van der Waals surface area contributed by atoms with Gasteiger partial charge in [-0.05, 0) is 25.2 Å². The third kappa shape index (κ3) is 7.03. The van der Waals surface area contributed by atoms with Gasteiger partial charge in [-0.1, -0.05) is 33.1 Å². The summed E-state index contributed by atoms with van der Waals surface area (Å²) in [5.74, 6) is -0.0977. The van der Waals surface area contributed by atoms with Crippen LogP contribution in [-0.2, 0) is 4.79 Å². The maximum atomic E-state index is 11.9. The van der Waals surface area contributed by atoms with Crippen LogP contribution in [0.25, 0.3) is 0 Å². The smallest absolute Gasteiger partial charge is 0.315 e. The fourth-order valence-corrected chi connectivity index (χ4v) is 2.28. The zero-order valence-corrected chi connectivity index (χ0v) is 11.9. The number of carboxylic acid groups (broad SMARTS) is 1. The third-order valence-electron chi connectivity index (χ3n) is 3.54. The van der Waals surface area contributed by atoms with Gasteiger partial charge in [0.05, 0.1) is 6.42 Å². The Balaban J connectivity index is 2.34. The van der Waals surface area contributed by atoms with Crippen LogP contribution in [0, 0.1) is 5.92 Å². The normalized spacial score (nSPS) is 17.6. The molecule has 19 heavy (non-hydrogen) atoms. The molecule has 0 aliphatic heterocycles. The second kappa shape index (κ2) is 8.02. The zero-order valence-electron chi connectivity index (χ0n) is 11.9. The van der Waals surface area contributed by atoms with Gasteiger partial charge in [0.1, 0.15) is 0 Å². The van der Waals surface area contributed by atoms with Gasteiger partial charge in [0, 0.05) is 12.1 Å². The van der Waals surface area contributed by atoms with Gasteiger partial charge in [-0.25, -0.2) is 4.79 Å². The lowest BCUT2D eigenvalue weighted by Crippen LogP contribution is -2.46. The van der Waals surface area contributed by atoms with Crippen molar-refractivity contribution in [1.29, 1.82) is 0 Å². The summed E-state index contributed by atoms with van der Waals surface area (Å²) in [6.45, 7) is 4.05. The fraction of sp³-hybridized carbons (Fsp3) is 0.857. The number of carbonyl (C=O) groups excluding carboxylic acids is 1. The van der Waals surface area contributed by atoms with E-state index in [4.69, 9.17) is 5.11 Å². The molecule has 2 atom stereocenters. The highest BCUT2D eigenvalue weighted by Gasteiger charge is 2.26. The highest BCUT2D eigenvalue weighted by atomic mass is 16.4. The van der Waals surface area contributed by atoms with E-state index in [0.29, 0.717) is 6.42 Å². The molecule has 0 bridgehead atoms. The summed E-state index contributed by atoms with van der Waals surface area (Å²) < 4.78 is 0. The third-order valence-corrected chi connectivity index (χ3v) is 3.54. The first kappa shape index (κ1) is 15.8. The molecule has 0 radical (unpaired) electrons. The van der Waals surface area contributed by atoms with Crippen molar-refractivity contribution in [1.82, 2.24) is 10.6 Å². The van der Waals surface area contributed by atoms with Crippen LogP contribution in [0.4, 0.5) is 4.79 Å². The molecule has 5 nitrogen and oxygen atoms in total. The van der Waals surface area contributed by atoms with Crippen LogP contribution >= 0.6 is 0 Å². The van der Waals surface area contributed by atoms with Crippen LogP contribution in [0.15, 0.2) is 0 Å². The molecule has 1 rings (SSSR count). The molecular weight excluding hydrogens is 244 g/mol. The largest absolute Gasteiger partial charge is 0.481 e. The van der Waals surface area contributed by atoms with E-state index >= 15 is 0 Å². The fourth-order valence-electron chi connectivity index (χ4n) is 2.28. The first-order valence-electron chi connectivity index (χ1n) is 7.33. The Bertz CT molecular complexity index is 303. The summed E-state index contributed by atoms with van der Waals surface area (Å²) in [7, 11) is 0. The molecule has 5 heteroatoms. The molecule has 1 fully saturated rings. The molecule has 2 amide bonds. The standard InChI is InChI=1S/C14H26N2O3/c1-3-5-12(9-13(17)18)16-14(19)15-11(4-2)8-10-6-7-10/h10-12H,3-9H2,1-2H3,(H,17,18)(H2,15,16,19). The van der Waals surface area contributed by atoms with E-state index in [1.165, 1.54) is 12.8 Å². The number of urea groups is 1. The van der Waals surface area contributed by atoms with Crippen molar-refractivity contribution < 1.29 is 14.7 Å². The molecule has 110 valence electrons. The summed E-state index contributed by atoms with van der Waals surface area (Å²) in [5.41, 5.74) is 0. The van der Waals surface area contributed by atoms with E-state index in [-0.39, 0.29) is 24.5 Å². The first-order chi connectivity index (χ1) is 9.05. The predicted octanol–water partition coefficient (Wildman–Crippen LogP) is 2.51. The second-order valence-corrected chi connectivity index (χ2v) is 5.49. The minimum absolute atomic E-state index is 0.0132. The van der Waals surface area contributed by atoms with Gasteiger partial charge in [-0.3, -0.25) is 4.79 Å². The van der Waals surface area contributed by atoms with Gasteiger partial charge in [-0.15, -0.1) is 0 Å². The summed E-state index contributed by atoms with van der Waals surface area (Å²) in [4.78, 5) is 22.6. The van der Waals surface area contributed by atoms with E-state index in [2.05, 4.69) is 17.6 Å². The molecule has 1 aliphatic carbocycles. The van der Waals surface area contributed by atoms with Crippen LogP contribution in [0.1, 0.15) is 58.8 Å². The minimum Gasteiger partial charge on any atom is -0.481 e. The average Bonchev–Trinajstić information content (AvgIpc) is 3.11. The minimum atomic E-state index is -0.872. The molecule has 0 heterocycles. The van der Waals surface area contributed by atoms with Crippen molar-refractivity contribution >= 4 is 12.0 Å². The van der Waals surface area contributed by atoms with Gasteiger partial charge in [0.15, 0.2) is 0 Å². The Kier molecular flexibility index (Phi) is 6.67. The van der Waals surface area contributed by atoms with Gasteiger partial charge in [0.25, 0.3) is 0 Å². The number of carboxylic acids is 1. The number of nitrogens with one attached hydrogen (secondary N) is 2. The Labute approximate surface area is 115 Å². The number of aliphatic carboxylic acids is 1. The van der Waals surface area contributed by atoms with Gasteiger partial charge < -0.3 is 15.7 Å². The SMILES string of the molecule is CCCC(CC(=O)O)NC(=O)NC(CC)CC1CC1. The van der Waals surface area contributed by atoms with Crippen molar-refractivity contribution in [3.8, 4) is 0 Å². The van der Waals surface area contributed by atoms with Gasteiger partial charge >= 0.3 is 12.0 Å². The van der Waals surface area contributed by atoms with Crippen LogP contribution in [-0.4, -0.2) is 29.2 Å². The predicted molar refractivity (Wildman–Crippen MR) is 74.0 cm³/mol. The molecule has 2 unspecified atom stereocenters. The maximum Gasteiger partial charge on any atom is 0.315 e. The molecule has 0 aromatic carbocycles. The lowest BCUT2D eigenvalue weighted by atomic mass is 10.1. The van der Waals surface area contributed by atoms with E-state index in [1.807, 2.05) is 6.92 Å². The van der Waals surface area contributed by atoms with Crippen LogP contribution in [0.5, 0.6) is 0 Å². The summed E-state index contributed by atoms with van der Waals surface area (Å²) in [6.07, 6.45) is 6.05. The lowest BCUT2D eigenvalue weighted by Gasteiger charge is -2.21. The molecule has 0 aromatic heterocycles. The van der Waals surface area contributed by atoms with E-state index in [1.54, 1.807) is 0 Å². The van der Waals surface area contributed by atoms with Crippen molar-refractivity contribution in [2.24, 2.45) is 5.92 Å². The Morgan fingerprint density at radius 3 is 2.32 bits per heavy atom. The Morgan fingerprint density at radius 1 is 1.21 bits per heavy atom. The molecule has 0 saturated heterocycles. The topological polar surface area (TPSA) is 78.4 Å². The molecule has 1 saturated carbocycles. The monoisotopic (exact) mass is 270 g/mol. The number of hydrogen-bond acceptors (Lipinski definition) is 2. The van der Waals surface area contributed by atoms with Crippen molar-refractivity contribution in [2.75, 3.05) is 0 Å². The second-order valence-electron chi connectivity index (χ2n) is 5.49. The van der Waals surface area contributed by atoms with Crippen molar-refractivity contribution in [2.45, 2.75) is 70.9 Å². The van der Waals surface area contributed by atoms with Crippen molar-refractivity contribution in [3.05, 3.63) is 0 Å². The molecule has 3 N–H and O–H groups in total. The molecule has 1 aliphatic rings. The van der Waals surface area contributed by atoms with Crippen molar-refractivity contribution in [3.63, 3.8) is 0 Å². The lowest BCUT2D eigenvalue weighted by molar-refractivity contribution is -0.137. The van der Waals surface area contributed by atoms with Crippen LogP contribution in [0.3, 0.4) is 0 Å². The quantitative estimate of drug-likeness (QED) is 0.602. The van der Waals surface area contributed by atoms with E-state index in [9.17, 15) is 9.59 Å². The molecular formula is C14H26N2O3. The number of rotatable bonds is 9. The summed E-state index contributed by atoms with van der Waals surface area (Å²) in [5, 5.41) is 14.5. The van der Waals surface area contributed by atoms with Crippen LogP contribution < -0.4 is 10.6 Å². The number of amides is 2. The maximum absolute atomic E-state index is 11.9.